The molecule has 25 heavy (non-hydrogen) atoms. The number of nitrogens with two attached hydrogens (primary N) is 1. The molecule has 3 rings (SSSR count). The molecule has 1 fully saturated rings. The van der Waals surface area contributed by atoms with Crippen molar-refractivity contribution < 1.29 is 4.92 Å². The lowest BCUT2D eigenvalue weighted by Gasteiger charge is -2.22. The highest BCUT2D eigenvalue weighted by atomic mass is 32.2. The van der Waals surface area contributed by atoms with Gasteiger partial charge in [-0.3, -0.25) is 10.1 Å². The number of aromatic nitrogens is 2. The molecule has 0 unspecified atom stereocenters. The zero-order chi connectivity index (χ0) is 17.8. The van der Waals surface area contributed by atoms with E-state index in [0.29, 0.717) is 5.16 Å². The van der Waals surface area contributed by atoms with Crippen LogP contribution in [-0.4, -0.2) is 39.1 Å². The minimum atomic E-state index is -0.516. The fourth-order valence-electron chi connectivity index (χ4n) is 2.90. The zero-order valence-electron chi connectivity index (χ0n) is 13.9. The highest BCUT2D eigenvalue weighted by Crippen LogP contribution is 2.31. The maximum absolute atomic E-state index is 11.5. The zero-order valence-corrected chi connectivity index (χ0v) is 14.7. The number of benzene rings is 1. The van der Waals surface area contributed by atoms with Crippen molar-refractivity contribution in [3.05, 3.63) is 51.7 Å². The molecule has 2 heterocycles. The molecule has 1 saturated heterocycles. The van der Waals surface area contributed by atoms with Crippen LogP contribution in [0.1, 0.15) is 24.1 Å². The monoisotopic (exact) mass is 357 g/mol. The molecule has 2 aromatic rings. The van der Waals surface area contributed by atoms with Gasteiger partial charge in [-0.05, 0) is 30.7 Å². The molecule has 0 radical (unpaired) electrons. The average molecular weight is 357 g/mol. The SMILES string of the molecule is CSc1nc(N)c([N+](=O)[O-])c(/C=C(\c2ccccc2)N2CCCC2)n1. The topological polar surface area (TPSA) is 98.2 Å². The lowest BCUT2D eigenvalue weighted by molar-refractivity contribution is -0.384. The van der Waals surface area contributed by atoms with E-state index in [9.17, 15) is 10.1 Å². The van der Waals surface area contributed by atoms with Gasteiger partial charge < -0.3 is 10.6 Å². The van der Waals surface area contributed by atoms with Crippen LogP contribution in [-0.2, 0) is 0 Å². The second-order valence-corrected chi connectivity index (χ2v) is 6.45. The fraction of sp³-hybridized carbons (Fsp3) is 0.294. The second kappa shape index (κ2) is 7.52. The quantitative estimate of drug-likeness (QED) is 0.379. The summed E-state index contributed by atoms with van der Waals surface area (Å²) in [5.74, 6) is -0.107. The summed E-state index contributed by atoms with van der Waals surface area (Å²) in [6.45, 7) is 1.84. The smallest absolute Gasteiger partial charge is 0.336 e. The maximum atomic E-state index is 11.5. The lowest BCUT2D eigenvalue weighted by Crippen LogP contribution is -2.17. The number of anilines is 1. The number of nitrogens with zero attached hydrogens (tertiary/aromatic N) is 4. The summed E-state index contributed by atoms with van der Waals surface area (Å²) in [5.41, 5.74) is 7.74. The molecule has 0 saturated carbocycles. The Morgan fingerprint density at radius 1 is 1.28 bits per heavy atom. The molecule has 0 amide bonds. The number of likely N-dealkylation sites (tertiary alicyclic amines) is 1. The Balaban J connectivity index is 2.17. The van der Waals surface area contributed by atoms with Gasteiger partial charge in [0.25, 0.3) is 0 Å². The predicted molar refractivity (Wildman–Crippen MR) is 100.0 cm³/mol. The Morgan fingerprint density at radius 2 is 1.96 bits per heavy atom. The van der Waals surface area contributed by atoms with E-state index in [2.05, 4.69) is 14.9 Å². The van der Waals surface area contributed by atoms with Crippen LogP contribution in [0.15, 0.2) is 35.5 Å². The number of nitro groups is 1. The molecule has 8 heteroatoms. The van der Waals surface area contributed by atoms with Crippen LogP contribution in [0.2, 0.25) is 0 Å². The molecule has 0 aliphatic carbocycles. The first-order valence-electron chi connectivity index (χ1n) is 7.98. The number of hydrogen-bond acceptors (Lipinski definition) is 7. The fourth-order valence-corrected chi connectivity index (χ4v) is 3.28. The van der Waals surface area contributed by atoms with Crippen LogP contribution in [0.25, 0.3) is 11.8 Å². The van der Waals surface area contributed by atoms with Crippen molar-refractivity contribution in [1.82, 2.24) is 14.9 Å². The molecule has 2 N–H and O–H groups in total. The first-order chi connectivity index (χ1) is 12.1. The van der Waals surface area contributed by atoms with E-state index in [4.69, 9.17) is 5.73 Å². The Hall–Kier alpha value is -2.61. The maximum Gasteiger partial charge on any atom is 0.336 e. The Kier molecular flexibility index (Phi) is 5.18. The van der Waals surface area contributed by atoms with Crippen LogP contribution in [0.3, 0.4) is 0 Å². The summed E-state index contributed by atoms with van der Waals surface area (Å²) in [4.78, 5) is 21.5. The Labute approximate surface area is 150 Å². The van der Waals surface area contributed by atoms with E-state index in [1.54, 1.807) is 6.08 Å². The van der Waals surface area contributed by atoms with E-state index in [-0.39, 0.29) is 17.2 Å². The van der Waals surface area contributed by atoms with Crippen molar-refractivity contribution in [2.75, 3.05) is 25.1 Å². The molecular weight excluding hydrogens is 338 g/mol. The third-order valence-electron chi connectivity index (χ3n) is 4.07. The van der Waals surface area contributed by atoms with Gasteiger partial charge >= 0.3 is 5.69 Å². The van der Waals surface area contributed by atoms with Crippen molar-refractivity contribution in [2.45, 2.75) is 18.0 Å². The third-order valence-corrected chi connectivity index (χ3v) is 4.62. The largest absolute Gasteiger partial charge is 0.378 e. The van der Waals surface area contributed by atoms with Gasteiger partial charge in [-0.2, -0.15) is 4.98 Å². The highest BCUT2D eigenvalue weighted by Gasteiger charge is 2.24. The molecule has 1 aromatic heterocycles. The van der Waals surface area contributed by atoms with E-state index >= 15 is 0 Å². The highest BCUT2D eigenvalue weighted by molar-refractivity contribution is 7.98. The number of hydrogen-bond donors (Lipinski definition) is 1. The van der Waals surface area contributed by atoms with Crippen molar-refractivity contribution in [3.63, 3.8) is 0 Å². The number of nitrogen functional groups attached to an aromatic ring is 1. The summed E-state index contributed by atoms with van der Waals surface area (Å²) in [5, 5.41) is 11.9. The van der Waals surface area contributed by atoms with Gasteiger partial charge in [0.15, 0.2) is 5.16 Å². The van der Waals surface area contributed by atoms with Gasteiger partial charge in [-0.15, -0.1) is 0 Å². The standard InChI is InChI=1S/C17H19N5O2S/c1-25-17-19-13(15(22(23)24)16(18)20-17)11-14(21-9-5-6-10-21)12-7-3-2-4-8-12/h2-4,7-8,11H,5-6,9-10H2,1H3,(H2,18,19,20)/b14-11+. The van der Waals surface area contributed by atoms with E-state index in [0.717, 1.165) is 37.2 Å². The molecule has 7 nitrogen and oxygen atoms in total. The molecule has 0 bridgehead atoms. The summed E-state index contributed by atoms with van der Waals surface area (Å²) < 4.78 is 0. The molecule has 1 aromatic carbocycles. The number of rotatable bonds is 5. The van der Waals surface area contributed by atoms with Crippen molar-refractivity contribution in [3.8, 4) is 0 Å². The minimum Gasteiger partial charge on any atom is -0.378 e. The van der Waals surface area contributed by atoms with Crippen LogP contribution >= 0.6 is 11.8 Å². The van der Waals surface area contributed by atoms with Crippen LogP contribution < -0.4 is 5.73 Å². The Morgan fingerprint density at radius 3 is 2.56 bits per heavy atom. The lowest BCUT2D eigenvalue weighted by atomic mass is 10.1. The van der Waals surface area contributed by atoms with Crippen molar-refractivity contribution >= 4 is 35.0 Å². The summed E-state index contributed by atoms with van der Waals surface area (Å²) >= 11 is 1.31. The molecule has 0 spiro atoms. The van der Waals surface area contributed by atoms with Crippen LogP contribution in [0, 0.1) is 10.1 Å². The first kappa shape index (κ1) is 17.2. The van der Waals surface area contributed by atoms with Gasteiger partial charge in [0.05, 0.1) is 4.92 Å². The third kappa shape index (κ3) is 3.74. The predicted octanol–water partition coefficient (Wildman–Crippen LogP) is 3.28. The second-order valence-electron chi connectivity index (χ2n) is 5.68. The molecule has 1 aliphatic rings. The van der Waals surface area contributed by atoms with Crippen molar-refractivity contribution in [2.24, 2.45) is 0 Å². The summed E-state index contributed by atoms with van der Waals surface area (Å²) in [6.07, 6.45) is 5.78. The first-order valence-corrected chi connectivity index (χ1v) is 9.20. The van der Waals surface area contributed by atoms with E-state index in [1.807, 2.05) is 36.6 Å². The van der Waals surface area contributed by atoms with Gasteiger partial charge in [0.1, 0.15) is 5.69 Å². The van der Waals surface area contributed by atoms with Gasteiger partial charge in [0, 0.05) is 18.8 Å². The average Bonchev–Trinajstić information content (AvgIpc) is 3.13. The van der Waals surface area contributed by atoms with E-state index in [1.165, 1.54) is 11.8 Å². The van der Waals surface area contributed by atoms with Gasteiger partial charge in [-0.25, -0.2) is 4.98 Å². The molecule has 1 aliphatic heterocycles. The molecular formula is C17H19N5O2S. The minimum absolute atomic E-state index is 0.107. The van der Waals surface area contributed by atoms with Crippen LogP contribution in [0.4, 0.5) is 11.5 Å². The van der Waals surface area contributed by atoms with Crippen molar-refractivity contribution in [1.29, 1.82) is 0 Å². The normalized spacial score (nSPS) is 14.8. The number of thioether (sulfide) groups is 1. The summed E-state index contributed by atoms with van der Waals surface area (Å²) in [7, 11) is 0. The van der Waals surface area contributed by atoms with Crippen LogP contribution in [0.5, 0.6) is 0 Å². The Bertz CT molecular complexity index is 804. The van der Waals surface area contributed by atoms with Gasteiger partial charge in [0.2, 0.25) is 5.82 Å². The molecule has 130 valence electrons. The summed E-state index contributed by atoms with van der Waals surface area (Å²) in [6, 6.07) is 9.85. The van der Waals surface area contributed by atoms with Gasteiger partial charge in [-0.1, -0.05) is 42.1 Å². The molecule has 0 atom stereocenters. The van der Waals surface area contributed by atoms with E-state index < -0.39 is 4.92 Å².